The number of hydrogen-bond acceptors (Lipinski definition) is 3. The molecule has 0 bridgehead atoms. The molecule has 5 heteroatoms. The van der Waals surface area contributed by atoms with Crippen molar-refractivity contribution < 1.29 is 23.9 Å². The molecule has 1 aliphatic rings. The van der Waals surface area contributed by atoms with Gasteiger partial charge in [0.1, 0.15) is 5.60 Å². The van der Waals surface area contributed by atoms with Gasteiger partial charge in [0.2, 0.25) is 0 Å². The Morgan fingerprint density at radius 3 is 2.17 bits per heavy atom. The molecule has 1 amide bonds. The molecule has 104 valence electrons. The summed E-state index contributed by atoms with van der Waals surface area (Å²) < 4.78 is 5.67. The molecule has 1 fully saturated rings. The number of carboxylic acids is 1. The standard InChI is InChI=1S/C13H23NO4/c1-13(2,3)18-12(17)14(4)7-5-10(6-8-14)9-11(15)16/h10H,5-9H2,1-4H3/p+1. The van der Waals surface area contributed by atoms with Crippen molar-refractivity contribution in [3.05, 3.63) is 0 Å². The molecule has 1 saturated heterocycles. The number of aliphatic carboxylic acids is 1. The zero-order valence-electron chi connectivity index (χ0n) is 11.7. The van der Waals surface area contributed by atoms with E-state index in [2.05, 4.69) is 0 Å². The summed E-state index contributed by atoms with van der Waals surface area (Å²) in [4.78, 5) is 22.8. The van der Waals surface area contributed by atoms with Gasteiger partial charge in [-0.1, -0.05) is 0 Å². The van der Waals surface area contributed by atoms with Crippen molar-refractivity contribution in [1.29, 1.82) is 0 Å². The van der Waals surface area contributed by atoms with Crippen LogP contribution in [-0.2, 0) is 9.53 Å². The lowest BCUT2D eigenvalue weighted by atomic mass is 9.92. The second-order valence-electron chi connectivity index (χ2n) is 6.36. The molecule has 0 radical (unpaired) electrons. The highest BCUT2D eigenvalue weighted by Crippen LogP contribution is 2.26. The first-order valence-electron chi connectivity index (χ1n) is 6.42. The zero-order valence-corrected chi connectivity index (χ0v) is 11.7. The number of amides is 1. The van der Waals surface area contributed by atoms with Gasteiger partial charge >= 0.3 is 12.1 Å². The van der Waals surface area contributed by atoms with Gasteiger partial charge in [0.25, 0.3) is 0 Å². The van der Waals surface area contributed by atoms with Crippen LogP contribution >= 0.6 is 0 Å². The fraction of sp³-hybridized carbons (Fsp3) is 0.846. The van der Waals surface area contributed by atoms with Crippen LogP contribution in [0.4, 0.5) is 4.79 Å². The lowest BCUT2D eigenvalue weighted by Gasteiger charge is -2.38. The number of nitrogens with zero attached hydrogens (tertiary/aromatic N) is 1. The molecule has 1 aliphatic heterocycles. The van der Waals surface area contributed by atoms with E-state index >= 15 is 0 Å². The highest BCUT2D eigenvalue weighted by Gasteiger charge is 2.40. The van der Waals surface area contributed by atoms with Crippen molar-refractivity contribution in [3.8, 4) is 0 Å². The lowest BCUT2D eigenvalue weighted by Crippen LogP contribution is -2.55. The van der Waals surface area contributed by atoms with E-state index in [4.69, 9.17) is 9.84 Å². The fourth-order valence-corrected chi connectivity index (χ4v) is 2.20. The molecule has 0 aromatic heterocycles. The van der Waals surface area contributed by atoms with Gasteiger partial charge in [0, 0.05) is 19.3 Å². The van der Waals surface area contributed by atoms with Crippen LogP contribution in [0.25, 0.3) is 0 Å². The van der Waals surface area contributed by atoms with Gasteiger partial charge in [0.15, 0.2) is 0 Å². The van der Waals surface area contributed by atoms with Crippen LogP contribution in [0.3, 0.4) is 0 Å². The van der Waals surface area contributed by atoms with Crippen molar-refractivity contribution in [2.45, 2.75) is 45.6 Å². The molecule has 1 rings (SSSR count). The van der Waals surface area contributed by atoms with Crippen molar-refractivity contribution >= 4 is 12.1 Å². The summed E-state index contributed by atoms with van der Waals surface area (Å²) in [6, 6.07) is 0. The Kier molecular flexibility index (Phi) is 4.37. The first-order chi connectivity index (χ1) is 8.12. The summed E-state index contributed by atoms with van der Waals surface area (Å²) in [6.07, 6.45) is 1.52. The van der Waals surface area contributed by atoms with Gasteiger partial charge in [-0.25, -0.2) is 4.48 Å². The molecule has 1 N–H and O–H groups in total. The van der Waals surface area contributed by atoms with E-state index in [0.29, 0.717) is 13.1 Å². The molecular formula is C13H24NO4+. The summed E-state index contributed by atoms with van der Waals surface area (Å²) in [5, 5.41) is 8.76. The third kappa shape index (κ3) is 4.29. The predicted octanol–water partition coefficient (Wildman–Crippen LogP) is 2.25. The van der Waals surface area contributed by atoms with E-state index in [1.54, 1.807) is 0 Å². The van der Waals surface area contributed by atoms with E-state index in [-0.39, 0.29) is 22.9 Å². The molecule has 18 heavy (non-hydrogen) atoms. The van der Waals surface area contributed by atoms with Crippen LogP contribution in [-0.4, -0.2) is 47.4 Å². The van der Waals surface area contributed by atoms with E-state index in [0.717, 1.165) is 12.8 Å². The number of carbonyl (C=O) groups excluding carboxylic acids is 1. The predicted molar refractivity (Wildman–Crippen MR) is 67.1 cm³/mol. The Hall–Kier alpha value is -1.10. The summed E-state index contributed by atoms with van der Waals surface area (Å²) in [5.41, 5.74) is -0.476. The maximum atomic E-state index is 12.1. The third-order valence-corrected chi connectivity index (χ3v) is 3.36. The second-order valence-corrected chi connectivity index (χ2v) is 6.36. The van der Waals surface area contributed by atoms with Gasteiger partial charge in [-0.3, -0.25) is 4.79 Å². The monoisotopic (exact) mass is 258 g/mol. The maximum Gasteiger partial charge on any atom is 0.516 e. The summed E-state index contributed by atoms with van der Waals surface area (Å²) >= 11 is 0. The summed E-state index contributed by atoms with van der Waals surface area (Å²) in [7, 11) is 1.87. The largest absolute Gasteiger partial charge is 0.516 e. The third-order valence-electron chi connectivity index (χ3n) is 3.36. The van der Waals surface area contributed by atoms with Gasteiger partial charge in [-0.2, -0.15) is 4.79 Å². The van der Waals surface area contributed by atoms with E-state index in [9.17, 15) is 9.59 Å². The molecule has 0 aliphatic carbocycles. The Morgan fingerprint density at radius 2 is 1.78 bits per heavy atom. The number of hydrogen-bond donors (Lipinski definition) is 1. The van der Waals surface area contributed by atoms with Crippen molar-refractivity contribution in [2.24, 2.45) is 5.92 Å². The normalized spacial score (nSPS) is 28.8. The van der Waals surface area contributed by atoms with Crippen LogP contribution in [0, 0.1) is 5.92 Å². The van der Waals surface area contributed by atoms with Crippen molar-refractivity contribution in [3.63, 3.8) is 0 Å². The minimum absolute atomic E-state index is 0.191. The highest BCUT2D eigenvalue weighted by atomic mass is 16.6. The minimum Gasteiger partial charge on any atom is -0.481 e. The smallest absolute Gasteiger partial charge is 0.481 e. The van der Waals surface area contributed by atoms with E-state index in [1.807, 2.05) is 27.8 Å². The maximum absolute atomic E-state index is 12.1. The number of quaternary nitrogens is 1. The van der Waals surface area contributed by atoms with Crippen LogP contribution in [0.5, 0.6) is 0 Å². The average molecular weight is 258 g/mol. The lowest BCUT2D eigenvalue weighted by molar-refractivity contribution is -0.845. The molecular weight excluding hydrogens is 234 g/mol. The average Bonchev–Trinajstić information content (AvgIpc) is 2.18. The molecule has 0 saturated carbocycles. The summed E-state index contributed by atoms with van der Waals surface area (Å²) in [6.45, 7) is 6.89. The fourth-order valence-electron chi connectivity index (χ4n) is 2.20. The Bertz CT molecular complexity index is 324. The van der Waals surface area contributed by atoms with Crippen LogP contribution < -0.4 is 0 Å². The first kappa shape index (κ1) is 15.0. The first-order valence-corrected chi connectivity index (χ1v) is 6.42. The van der Waals surface area contributed by atoms with Crippen molar-refractivity contribution in [1.82, 2.24) is 0 Å². The number of carbonyl (C=O) groups is 2. The molecule has 5 nitrogen and oxygen atoms in total. The quantitative estimate of drug-likeness (QED) is 0.772. The van der Waals surface area contributed by atoms with Gasteiger partial charge in [0.05, 0.1) is 20.1 Å². The molecule has 0 aromatic rings. The van der Waals surface area contributed by atoms with E-state index < -0.39 is 11.6 Å². The molecule has 0 unspecified atom stereocenters. The van der Waals surface area contributed by atoms with Crippen LogP contribution in [0.15, 0.2) is 0 Å². The molecule has 0 atom stereocenters. The SMILES string of the molecule is CC(C)(C)OC(=O)[N+]1(C)CCC(CC(=O)O)CC1. The second kappa shape index (κ2) is 5.26. The summed E-state index contributed by atoms with van der Waals surface area (Å²) in [5.74, 6) is -0.565. The number of carboxylic acid groups (broad SMARTS) is 1. The Morgan fingerprint density at radius 1 is 1.28 bits per heavy atom. The van der Waals surface area contributed by atoms with Crippen LogP contribution in [0.2, 0.25) is 0 Å². The van der Waals surface area contributed by atoms with Crippen LogP contribution in [0.1, 0.15) is 40.0 Å². The Balaban J connectivity index is 2.53. The molecule has 0 aromatic carbocycles. The van der Waals surface area contributed by atoms with E-state index in [1.165, 1.54) is 0 Å². The minimum atomic E-state index is -0.756. The van der Waals surface area contributed by atoms with Gasteiger partial charge in [-0.05, 0) is 26.7 Å². The number of ether oxygens (including phenoxy) is 1. The zero-order chi connectivity index (χ0) is 14.0. The Labute approximate surface area is 108 Å². The van der Waals surface area contributed by atoms with Gasteiger partial charge < -0.3 is 9.84 Å². The number of likely N-dealkylation sites (tertiary alicyclic amines) is 1. The molecule has 1 heterocycles. The number of rotatable bonds is 2. The topological polar surface area (TPSA) is 63.6 Å². The highest BCUT2D eigenvalue weighted by molar-refractivity contribution is 5.67. The van der Waals surface area contributed by atoms with Crippen molar-refractivity contribution in [2.75, 3.05) is 20.1 Å². The van der Waals surface area contributed by atoms with Gasteiger partial charge in [-0.15, -0.1) is 0 Å². The molecule has 0 spiro atoms. The number of piperidine rings is 1.